The van der Waals surface area contributed by atoms with Gasteiger partial charge in [-0.05, 0) is 6.42 Å². The molecule has 2 aliphatic heterocycles. The molecular formula is C8H14N2S. The summed E-state index contributed by atoms with van der Waals surface area (Å²) in [6.45, 7) is 6.16. The summed E-state index contributed by atoms with van der Waals surface area (Å²) in [6.07, 6.45) is 1.16. The summed E-state index contributed by atoms with van der Waals surface area (Å²) in [5, 5.41) is 7.61. The maximum Gasteiger partial charge on any atom is 0.0693 e. The van der Waals surface area contributed by atoms with Gasteiger partial charge >= 0.3 is 0 Å². The topological polar surface area (TPSA) is 24.1 Å². The SMILES string of the molecule is C=C1CNC2SCCNC2C1. The summed E-state index contributed by atoms with van der Waals surface area (Å²) >= 11 is 2.03. The van der Waals surface area contributed by atoms with Gasteiger partial charge in [-0.3, -0.25) is 0 Å². The maximum atomic E-state index is 3.99. The summed E-state index contributed by atoms with van der Waals surface area (Å²) in [6, 6.07) is 0.634. The molecule has 2 unspecified atom stereocenters. The Morgan fingerprint density at radius 1 is 1.45 bits per heavy atom. The fourth-order valence-electron chi connectivity index (χ4n) is 1.66. The largest absolute Gasteiger partial charge is 0.310 e. The summed E-state index contributed by atoms with van der Waals surface area (Å²) < 4.78 is 0. The third-order valence-corrected chi connectivity index (χ3v) is 3.53. The van der Waals surface area contributed by atoms with Gasteiger partial charge in [-0.15, -0.1) is 11.8 Å². The molecule has 2 atom stereocenters. The first kappa shape index (κ1) is 7.65. The highest BCUT2D eigenvalue weighted by Crippen LogP contribution is 2.23. The van der Waals surface area contributed by atoms with Crippen LogP contribution in [0.4, 0.5) is 0 Å². The number of rotatable bonds is 0. The van der Waals surface area contributed by atoms with E-state index in [0.29, 0.717) is 11.4 Å². The Labute approximate surface area is 71.8 Å². The van der Waals surface area contributed by atoms with Gasteiger partial charge < -0.3 is 10.6 Å². The molecule has 0 radical (unpaired) electrons. The minimum absolute atomic E-state index is 0.634. The Morgan fingerprint density at radius 3 is 3.27 bits per heavy atom. The van der Waals surface area contributed by atoms with Gasteiger partial charge in [0.1, 0.15) is 0 Å². The molecule has 11 heavy (non-hydrogen) atoms. The number of fused-ring (bicyclic) bond motifs is 1. The average Bonchev–Trinajstić information content (AvgIpc) is 2.04. The van der Waals surface area contributed by atoms with Crippen molar-refractivity contribution in [3.63, 3.8) is 0 Å². The molecule has 2 fully saturated rings. The highest BCUT2D eigenvalue weighted by atomic mass is 32.2. The highest BCUT2D eigenvalue weighted by molar-refractivity contribution is 8.00. The van der Waals surface area contributed by atoms with E-state index in [1.54, 1.807) is 0 Å². The van der Waals surface area contributed by atoms with Gasteiger partial charge in [0.05, 0.1) is 5.37 Å². The van der Waals surface area contributed by atoms with E-state index in [1.165, 1.54) is 11.3 Å². The molecule has 2 rings (SSSR count). The Morgan fingerprint density at radius 2 is 2.36 bits per heavy atom. The van der Waals surface area contributed by atoms with Gasteiger partial charge in [0, 0.05) is 24.9 Å². The second-order valence-electron chi connectivity index (χ2n) is 3.19. The molecule has 2 N–H and O–H groups in total. The molecule has 2 nitrogen and oxygen atoms in total. The zero-order valence-electron chi connectivity index (χ0n) is 6.60. The number of piperidine rings is 1. The van der Waals surface area contributed by atoms with Crippen molar-refractivity contribution in [2.75, 3.05) is 18.8 Å². The van der Waals surface area contributed by atoms with Crippen molar-refractivity contribution in [1.29, 1.82) is 0 Å². The van der Waals surface area contributed by atoms with Crippen LogP contribution in [0.2, 0.25) is 0 Å². The zero-order valence-corrected chi connectivity index (χ0v) is 7.41. The van der Waals surface area contributed by atoms with Gasteiger partial charge in [0.25, 0.3) is 0 Å². The lowest BCUT2D eigenvalue weighted by molar-refractivity contribution is 0.415. The minimum atomic E-state index is 0.634. The lowest BCUT2D eigenvalue weighted by Crippen LogP contribution is -2.54. The fraction of sp³-hybridized carbons (Fsp3) is 0.750. The molecule has 2 saturated heterocycles. The van der Waals surface area contributed by atoms with Crippen LogP contribution in [0.15, 0.2) is 12.2 Å². The van der Waals surface area contributed by atoms with Crippen molar-refractivity contribution in [2.24, 2.45) is 0 Å². The standard InChI is InChI=1S/C8H14N2S/c1-6-4-7-8(10-5-6)11-3-2-9-7/h7-10H,1-5H2. The van der Waals surface area contributed by atoms with E-state index in [-0.39, 0.29) is 0 Å². The minimum Gasteiger partial charge on any atom is -0.310 e. The van der Waals surface area contributed by atoms with Crippen molar-refractivity contribution in [3.05, 3.63) is 12.2 Å². The zero-order chi connectivity index (χ0) is 7.68. The van der Waals surface area contributed by atoms with Crippen LogP contribution in [-0.2, 0) is 0 Å². The second kappa shape index (κ2) is 3.17. The van der Waals surface area contributed by atoms with E-state index in [2.05, 4.69) is 17.2 Å². The molecule has 2 heterocycles. The summed E-state index contributed by atoms with van der Waals surface area (Å²) in [5.74, 6) is 1.24. The van der Waals surface area contributed by atoms with Crippen LogP contribution in [0, 0.1) is 0 Å². The van der Waals surface area contributed by atoms with Crippen LogP contribution in [0.3, 0.4) is 0 Å². The molecule has 0 aromatic heterocycles. The van der Waals surface area contributed by atoms with Crippen LogP contribution in [0.25, 0.3) is 0 Å². The molecule has 2 aliphatic rings. The normalized spacial score (nSPS) is 38.4. The second-order valence-corrected chi connectivity index (χ2v) is 4.44. The third kappa shape index (κ3) is 1.60. The van der Waals surface area contributed by atoms with Crippen LogP contribution in [-0.4, -0.2) is 30.3 Å². The number of nitrogens with one attached hydrogen (secondary N) is 2. The first-order chi connectivity index (χ1) is 5.36. The van der Waals surface area contributed by atoms with Gasteiger partial charge in [-0.25, -0.2) is 0 Å². The quantitative estimate of drug-likeness (QED) is 0.520. The highest BCUT2D eigenvalue weighted by Gasteiger charge is 2.28. The van der Waals surface area contributed by atoms with Gasteiger partial charge in [0.15, 0.2) is 0 Å². The van der Waals surface area contributed by atoms with E-state index in [0.717, 1.165) is 19.5 Å². The number of thioether (sulfide) groups is 1. The number of hydrogen-bond donors (Lipinski definition) is 2. The van der Waals surface area contributed by atoms with Crippen LogP contribution in [0.5, 0.6) is 0 Å². The van der Waals surface area contributed by atoms with E-state index in [9.17, 15) is 0 Å². The molecule has 0 aromatic carbocycles. The molecule has 3 heteroatoms. The van der Waals surface area contributed by atoms with E-state index in [4.69, 9.17) is 0 Å². The fourth-order valence-corrected chi connectivity index (χ4v) is 2.78. The summed E-state index contributed by atoms with van der Waals surface area (Å²) in [4.78, 5) is 0. The first-order valence-corrected chi connectivity index (χ1v) is 5.16. The van der Waals surface area contributed by atoms with Crippen molar-refractivity contribution in [2.45, 2.75) is 17.8 Å². The lowest BCUT2D eigenvalue weighted by atomic mass is 10.0. The summed E-state index contributed by atoms with van der Waals surface area (Å²) in [7, 11) is 0. The molecule has 0 bridgehead atoms. The van der Waals surface area contributed by atoms with E-state index in [1.807, 2.05) is 11.8 Å². The lowest BCUT2D eigenvalue weighted by Gasteiger charge is -2.37. The maximum absolute atomic E-state index is 3.99. The predicted octanol–water partition coefficient (Wildman–Crippen LogP) is 0.567. The Kier molecular flexibility index (Phi) is 2.20. The molecule has 0 amide bonds. The third-order valence-electron chi connectivity index (χ3n) is 2.23. The Bertz CT molecular complexity index is 169. The monoisotopic (exact) mass is 170 g/mol. The van der Waals surface area contributed by atoms with Gasteiger partial charge in [-0.2, -0.15) is 0 Å². The summed E-state index contributed by atoms with van der Waals surface area (Å²) in [5.41, 5.74) is 1.33. The van der Waals surface area contributed by atoms with E-state index >= 15 is 0 Å². The van der Waals surface area contributed by atoms with Crippen molar-refractivity contribution < 1.29 is 0 Å². The van der Waals surface area contributed by atoms with Crippen molar-refractivity contribution in [1.82, 2.24) is 10.6 Å². The molecule has 62 valence electrons. The van der Waals surface area contributed by atoms with Crippen LogP contribution >= 0.6 is 11.8 Å². The predicted molar refractivity (Wildman–Crippen MR) is 49.8 cm³/mol. The van der Waals surface area contributed by atoms with Crippen LogP contribution in [0.1, 0.15) is 6.42 Å². The number of hydrogen-bond acceptors (Lipinski definition) is 3. The molecule has 0 aromatic rings. The Hall–Kier alpha value is 0.01000. The first-order valence-electron chi connectivity index (χ1n) is 4.11. The Balaban J connectivity index is 1.98. The van der Waals surface area contributed by atoms with Crippen LogP contribution < -0.4 is 10.6 Å². The smallest absolute Gasteiger partial charge is 0.0693 e. The molecular weight excluding hydrogens is 156 g/mol. The van der Waals surface area contributed by atoms with E-state index < -0.39 is 0 Å². The van der Waals surface area contributed by atoms with Crippen molar-refractivity contribution >= 4 is 11.8 Å². The average molecular weight is 170 g/mol. The molecule has 0 saturated carbocycles. The van der Waals surface area contributed by atoms with Gasteiger partial charge in [0.2, 0.25) is 0 Å². The molecule has 0 aliphatic carbocycles. The van der Waals surface area contributed by atoms with Gasteiger partial charge in [-0.1, -0.05) is 12.2 Å². The molecule has 0 spiro atoms. The van der Waals surface area contributed by atoms with Crippen molar-refractivity contribution in [3.8, 4) is 0 Å².